The molecule has 16 heavy (non-hydrogen) atoms. The Morgan fingerprint density at radius 3 is 2.69 bits per heavy atom. The van der Waals surface area contributed by atoms with Crippen molar-refractivity contribution in [2.45, 2.75) is 13.0 Å². The van der Waals surface area contributed by atoms with Crippen LogP contribution in [0.1, 0.15) is 17.3 Å². The second-order valence-corrected chi connectivity index (χ2v) is 3.23. The highest BCUT2D eigenvalue weighted by Gasteiger charge is 2.16. The van der Waals surface area contributed by atoms with E-state index in [4.69, 9.17) is 0 Å². The van der Waals surface area contributed by atoms with Crippen LogP contribution in [0.25, 0.3) is 0 Å². The van der Waals surface area contributed by atoms with E-state index in [1.807, 2.05) is 0 Å². The van der Waals surface area contributed by atoms with Crippen LogP contribution in [-0.2, 0) is 9.53 Å². The van der Waals surface area contributed by atoms with Crippen molar-refractivity contribution in [2.24, 2.45) is 0 Å². The van der Waals surface area contributed by atoms with Gasteiger partial charge in [0.1, 0.15) is 11.9 Å². The van der Waals surface area contributed by atoms with Crippen LogP contribution in [0, 0.1) is 5.82 Å². The van der Waals surface area contributed by atoms with E-state index >= 15 is 0 Å². The maximum absolute atomic E-state index is 12.8. The molecule has 1 N–H and O–H groups in total. The van der Waals surface area contributed by atoms with Crippen molar-refractivity contribution in [3.8, 4) is 0 Å². The number of hydrogen-bond donors (Lipinski definition) is 1. The van der Waals surface area contributed by atoms with Gasteiger partial charge in [-0.2, -0.15) is 0 Å². The van der Waals surface area contributed by atoms with Crippen LogP contribution in [0.4, 0.5) is 4.39 Å². The van der Waals surface area contributed by atoms with Gasteiger partial charge in [0, 0.05) is 5.56 Å². The molecule has 0 aliphatic rings. The van der Waals surface area contributed by atoms with Gasteiger partial charge in [-0.05, 0) is 25.1 Å². The van der Waals surface area contributed by atoms with Gasteiger partial charge >= 0.3 is 5.97 Å². The fourth-order valence-electron chi connectivity index (χ4n) is 1.15. The number of nitrogens with one attached hydrogen (secondary N) is 1. The number of carbonyl (C=O) groups excluding carboxylic acids is 2. The molecule has 0 saturated heterocycles. The lowest BCUT2D eigenvalue weighted by Crippen LogP contribution is -2.39. The van der Waals surface area contributed by atoms with Crippen molar-refractivity contribution < 1.29 is 18.7 Å². The molecule has 1 atom stereocenters. The molecule has 5 heteroatoms. The van der Waals surface area contributed by atoms with Gasteiger partial charge in [0.25, 0.3) is 5.91 Å². The van der Waals surface area contributed by atoms with Gasteiger partial charge in [-0.1, -0.05) is 6.07 Å². The molecule has 1 aromatic rings. The minimum Gasteiger partial charge on any atom is -0.467 e. The van der Waals surface area contributed by atoms with E-state index in [0.29, 0.717) is 0 Å². The molecule has 1 rings (SSSR count). The average Bonchev–Trinajstić information content (AvgIpc) is 2.27. The Morgan fingerprint density at radius 2 is 2.12 bits per heavy atom. The molecule has 0 bridgehead atoms. The molecule has 0 unspecified atom stereocenters. The molecule has 0 saturated carbocycles. The summed E-state index contributed by atoms with van der Waals surface area (Å²) in [6.07, 6.45) is 0. The highest BCUT2D eigenvalue weighted by molar-refractivity contribution is 5.96. The van der Waals surface area contributed by atoms with E-state index in [2.05, 4.69) is 10.1 Å². The molecular formula is C11H12FNO3. The SMILES string of the molecule is COC(=O)[C@@H](C)NC(=O)c1cccc(F)c1. The molecule has 4 nitrogen and oxygen atoms in total. The van der Waals surface area contributed by atoms with E-state index in [1.54, 1.807) is 0 Å². The first kappa shape index (κ1) is 12.2. The summed E-state index contributed by atoms with van der Waals surface area (Å²) < 4.78 is 17.3. The number of ether oxygens (including phenoxy) is 1. The van der Waals surface area contributed by atoms with Gasteiger partial charge in [0.15, 0.2) is 0 Å². The Kier molecular flexibility index (Phi) is 3.99. The number of rotatable bonds is 3. The second-order valence-electron chi connectivity index (χ2n) is 3.23. The third-order valence-corrected chi connectivity index (χ3v) is 1.99. The summed E-state index contributed by atoms with van der Waals surface area (Å²) in [5.74, 6) is -1.57. The zero-order valence-corrected chi connectivity index (χ0v) is 8.99. The van der Waals surface area contributed by atoms with Crippen molar-refractivity contribution in [1.82, 2.24) is 5.32 Å². The minimum absolute atomic E-state index is 0.163. The maximum atomic E-state index is 12.8. The van der Waals surface area contributed by atoms with Gasteiger partial charge in [-0.25, -0.2) is 9.18 Å². The van der Waals surface area contributed by atoms with Crippen LogP contribution in [0.3, 0.4) is 0 Å². The molecule has 1 amide bonds. The summed E-state index contributed by atoms with van der Waals surface area (Å²) >= 11 is 0. The summed E-state index contributed by atoms with van der Waals surface area (Å²) in [6, 6.07) is 4.45. The molecule has 0 spiro atoms. The average molecular weight is 225 g/mol. The topological polar surface area (TPSA) is 55.4 Å². The van der Waals surface area contributed by atoms with Gasteiger partial charge < -0.3 is 10.1 Å². The Balaban J connectivity index is 2.69. The van der Waals surface area contributed by atoms with Crippen molar-refractivity contribution in [1.29, 1.82) is 0 Å². The van der Waals surface area contributed by atoms with E-state index in [9.17, 15) is 14.0 Å². The van der Waals surface area contributed by atoms with E-state index in [1.165, 1.54) is 32.2 Å². The van der Waals surface area contributed by atoms with Crippen LogP contribution in [0.15, 0.2) is 24.3 Å². The van der Waals surface area contributed by atoms with Crippen LogP contribution in [-0.4, -0.2) is 25.0 Å². The van der Waals surface area contributed by atoms with E-state index in [0.717, 1.165) is 6.07 Å². The van der Waals surface area contributed by atoms with Crippen LogP contribution < -0.4 is 5.32 Å². The third-order valence-electron chi connectivity index (χ3n) is 1.99. The zero-order valence-electron chi connectivity index (χ0n) is 8.99. The normalized spacial score (nSPS) is 11.7. The fourth-order valence-corrected chi connectivity index (χ4v) is 1.15. The summed E-state index contributed by atoms with van der Waals surface area (Å²) in [7, 11) is 1.23. The van der Waals surface area contributed by atoms with Gasteiger partial charge in [-0.15, -0.1) is 0 Å². The summed E-state index contributed by atoms with van der Waals surface area (Å²) in [5.41, 5.74) is 0.163. The van der Waals surface area contributed by atoms with Crippen molar-refractivity contribution >= 4 is 11.9 Å². The number of methoxy groups -OCH3 is 1. The Labute approximate surface area is 92.4 Å². The van der Waals surface area contributed by atoms with E-state index in [-0.39, 0.29) is 5.56 Å². The number of esters is 1. The first-order valence-electron chi connectivity index (χ1n) is 4.69. The first-order valence-corrected chi connectivity index (χ1v) is 4.69. The van der Waals surface area contributed by atoms with Gasteiger partial charge in [-0.3, -0.25) is 4.79 Å². The van der Waals surface area contributed by atoms with Crippen LogP contribution in [0.2, 0.25) is 0 Å². The number of benzene rings is 1. The lowest BCUT2D eigenvalue weighted by molar-refractivity contribution is -0.142. The Hall–Kier alpha value is -1.91. The third kappa shape index (κ3) is 3.05. The van der Waals surface area contributed by atoms with Crippen LogP contribution >= 0.6 is 0 Å². The Bertz CT molecular complexity index is 406. The predicted octanol–water partition coefficient (Wildman–Crippen LogP) is 1.12. The molecule has 0 aliphatic carbocycles. The summed E-state index contributed by atoms with van der Waals surface area (Å²) in [6.45, 7) is 1.49. The van der Waals surface area contributed by atoms with Crippen LogP contribution in [0.5, 0.6) is 0 Å². The molecule has 0 heterocycles. The Morgan fingerprint density at radius 1 is 1.44 bits per heavy atom. The van der Waals surface area contributed by atoms with Gasteiger partial charge in [0.05, 0.1) is 7.11 Å². The van der Waals surface area contributed by atoms with Crippen molar-refractivity contribution in [3.05, 3.63) is 35.6 Å². The molecular weight excluding hydrogens is 213 g/mol. The van der Waals surface area contributed by atoms with Crippen molar-refractivity contribution in [2.75, 3.05) is 7.11 Å². The minimum atomic E-state index is -0.763. The highest BCUT2D eigenvalue weighted by atomic mass is 19.1. The molecule has 0 aromatic heterocycles. The summed E-state index contributed by atoms with van der Waals surface area (Å²) in [5, 5.41) is 2.39. The highest BCUT2D eigenvalue weighted by Crippen LogP contribution is 2.03. The summed E-state index contributed by atoms with van der Waals surface area (Å²) in [4.78, 5) is 22.6. The lowest BCUT2D eigenvalue weighted by Gasteiger charge is -2.11. The molecule has 86 valence electrons. The molecule has 1 aromatic carbocycles. The smallest absolute Gasteiger partial charge is 0.328 e. The zero-order chi connectivity index (χ0) is 12.1. The maximum Gasteiger partial charge on any atom is 0.328 e. The lowest BCUT2D eigenvalue weighted by atomic mass is 10.2. The first-order chi connectivity index (χ1) is 7.54. The monoisotopic (exact) mass is 225 g/mol. The number of hydrogen-bond acceptors (Lipinski definition) is 3. The molecule has 0 fully saturated rings. The fraction of sp³-hybridized carbons (Fsp3) is 0.273. The number of amides is 1. The predicted molar refractivity (Wildman–Crippen MR) is 55.3 cm³/mol. The number of halogens is 1. The molecule has 0 radical (unpaired) electrons. The van der Waals surface area contributed by atoms with E-state index < -0.39 is 23.7 Å². The van der Waals surface area contributed by atoms with Crippen molar-refractivity contribution in [3.63, 3.8) is 0 Å². The molecule has 0 aliphatic heterocycles. The quantitative estimate of drug-likeness (QED) is 0.784. The second kappa shape index (κ2) is 5.25. The largest absolute Gasteiger partial charge is 0.467 e. The number of carbonyl (C=O) groups is 2. The van der Waals surface area contributed by atoms with Gasteiger partial charge in [0.2, 0.25) is 0 Å². The standard InChI is InChI=1S/C11H12FNO3/c1-7(11(15)16-2)13-10(14)8-4-3-5-9(12)6-8/h3-7H,1-2H3,(H,13,14)/t7-/m1/s1.